The third kappa shape index (κ3) is 3.94. The van der Waals surface area contributed by atoms with Crippen molar-refractivity contribution in [3.8, 4) is 5.75 Å². The molecule has 1 unspecified atom stereocenters. The van der Waals surface area contributed by atoms with Gasteiger partial charge in [-0.25, -0.2) is 8.42 Å². The molecule has 0 aliphatic carbocycles. The van der Waals surface area contributed by atoms with Crippen LogP contribution in [0.3, 0.4) is 0 Å². The molecule has 0 radical (unpaired) electrons. The highest BCUT2D eigenvalue weighted by Gasteiger charge is 2.35. The van der Waals surface area contributed by atoms with Gasteiger partial charge < -0.3 is 5.11 Å². The van der Waals surface area contributed by atoms with Gasteiger partial charge in [0.2, 0.25) is 10.0 Å². The molecule has 1 aliphatic heterocycles. The molecule has 1 fully saturated rings. The molecule has 25 heavy (non-hydrogen) atoms. The molecule has 3 rings (SSSR count). The zero-order valence-corrected chi connectivity index (χ0v) is 14.5. The Bertz CT molecular complexity index is 906. The number of carbonyl (C=O) groups excluding carboxylic acids is 1. The van der Waals surface area contributed by atoms with E-state index in [1.807, 2.05) is 0 Å². The highest BCUT2D eigenvalue weighted by Crippen LogP contribution is 2.30. The number of benzene rings is 1. The highest BCUT2D eigenvalue weighted by atomic mass is 32.2. The summed E-state index contributed by atoms with van der Waals surface area (Å²) in [6.07, 6.45) is 4.38. The van der Waals surface area contributed by atoms with Gasteiger partial charge in [-0.1, -0.05) is 18.2 Å². The first-order chi connectivity index (χ1) is 11.8. The Balaban J connectivity index is 2.02. The number of aromatic nitrogens is 1. The Morgan fingerprint density at radius 1 is 1.20 bits per heavy atom. The third-order valence-corrected chi connectivity index (χ3v) is 5.36. The van der Waals surface area contributed by atoms with Crippen molar-refractivity contribution in [1.82, 2.24) is 9.29 Å². The minimum absolute atomic E-state index is 0.0306. The second-order valence-electron chi connectivity index (χ2n) is 5.99. The summed E-state index contributed by atoms with van der Waals surface area (Å²) >= 11 is 0. The molecule has 2 heterocycles. The van der Waals surface area contributed by atoms with Crippen LogP contribution in [0, 0.1) is 0 Å². The molecule has 1 aromatic heterocycles. The van der Waals surface area contributed by atoms with E-state index in [2.05, 4.69) is 4.98 Å². The Labute approximate surface area is 146 Å². The Hall–Kier alpha value is -2.51. The van der Waals surface area contributed by atoms with E-state index in [1.54, 1.807) is 42.6 Å². The monoisotopic (exact) mass is 358 g/mol. The van der Waals surface area contributed by atoms with Gasteiger partial charge in [-0.2, -0.15) is 4.31 Å². The summed E-state index contributed by atoms with van der Waals surface area (Å²) in [7, 11) is -3.45. The average Bonchev–Trinajstić information content (AvgIpc) is 2.57. The van der Waals surface area contributed by atoms with E-state index in [4.69, 9.17) is 0 Å². The van der Waals surface area contributed by atoms with Gasteiger partial charge in [-0.15, -0.1) is 0 Å². The lowest BCUT2D eigenvalue weighted by atomic mass is 9.87. The van der Waals surface area contributed by atoms with Crippen LogP contribution in [0.25, 0.3) is 6.08 Å². The van der Waals surface area contributed by atoms with E-state index < -0.39 is 15.9 Å². The molecule has 1 saturated heterocycles. The number of rotatable bonds is 3. The van der Waals surface area contributed by atoms with Crippen molar-refractivity contribution >= 4 is 21.9 Å². The van der Waals surface area contributed by atoms with Crippen LogP contribution in [-0.2, 0) is 14.8 Å². The van der Waals surface area contributed by atoms with Crippen molar-refractivity contribution in [2.24, 2.45) is 0 Å². The quantitative estimate of drug-likeness (QED) is 0.846. The lowest BCUT2D eigenvalue weighted by Crippen LogP contribution is -2.44. The number of carbonyl (C=O) groups is 1. The van der Waals surface area contributed by atoms with E-state index in [1.165, 1.54) is 16.4 Å². The van der Waals surface area contributed by atoms with Gasteiger partial charge in [0.25, 0.3) is 0 Å². The maximum Gasteiger partial charge on any atom is 0.211 e. The number of phenols is 1. The van der Waals surface area contributed by atoms with Crippen molar-refractivity contribution in [3.63, 3.8) is 0 Å². The van der Waals surface area contributed by atoms with Crippen molar-refractivity contribution < 1.29 is 18.3 Å². The lowest BCUT2D eigenvalue weighted by molar-refractivity contribution is -0.118. The Morgan fingerprint density at radius 2 is 1.92 bits per heavy atom. The highest BCUT2D eigenvalue weighted by molar-refractivity contribution is 7.88. The smallest absolute Gasteiger partial charge is 0.211 e. The number of hydrogen-bond donors (Lipinski definition) is 1. The number of sulfonamides is 1. The van der Waals surface area contributed by atoms with Gasteiger partial charge in [0.05, 0.1) is 17.9 Å². The van der Waals surface area contributed by atoms with Crippen molar-refractivity contribution in [2.45, 2.75) is 5.92 Å². The number of nitrogens with zero attached hydrogens (tertiary/aromatic N) is 2. The van der Waals surface area contributed by atoms with Crippen molar-refractivity contribution in [3.05, 3.63) is 65.5 Å². The molecular weight excluding hydrogens is 340 g/mol. The number of ketones is 1. The summed E-state index contributed by atoms with van der Waals surface area (Å²) in [4.78, 5) is 17.1. The molecule has 6 nitrogen and oxygen atoms in total. The predicted molar refractivity (Wildman–Crippen MR) is 94.5 cm³/mol. The van der Waals surface area contributed by atoms with Crippen LogP contribution in [0.4, 0.5) is 0 Å². The molecule has 1 atom stereocenters. The molecule has 1 aliphatic rings. The van der Waals surface area contributed by atoms with Gasteiger partial charge in [-0.3, -0.25) is 9.78 Å². The zero-order valence-electron chi connectivity index (χ0n) is 13.7. The fraction of sp³-hybridized carbons (Fsp3) is 0.222. The minimum atomic E-state index is -3.45. The Kier molecular flexibility index (Phi) is 4.69. The van der Waals surface area contributed by atoms with E-state index >= 15 is 0 Å². The van der Waals surface area contributed by atoms with Crippen LogP contribution in [0.1, 0.15) is 17.2 Å². The van der Waals surface area contributed by atoms with Crippen LogP contribution in [0.2, 0.25) is 0 Å². The molecule has 1 N–H and O–H groups in total. The number of pyridine rings is 1. The summed E-state index contributed by atoms with van der Waals surface area (Å²) in [5, 5.41) is 9.44. The van der Waals surface area contributed by atoms with Gasteiger partial charge >= 0.3 is 0 Å². The molecule has 7 heteroatoms. The molecule has 0 bridgehead atoms. The number of Topliss-reactive ketones (excluding diaryl/α,β-unsaturated/α-hetero) is 1. The normalized spacial score (nSPS) is 20.8. The first-order valence-corrected chi connectivity index (χ1v) is 9.59. The summed E-state index contributed by atoms with van der Waals surface area (Å²) in [5.74, 6) is -0.647. The second-order valence-corrected chi connectivity index (χ2v) is 7.97. The first-order valence-electron chi connectivity index (χ1n) is 7.74. The molecular formula is C18H18N2O4S. The van der Waals surface area contributed by atoms with Crippen LogP contribution in [-0.4, -0.2) is 47.9 Å². The number of piperidine rings is 1. The van der Waals surface area contributed by atoms with Crippen molar-refractivity contribution in [1.29, 1.82) is 0 Å². The SMILES string of the molecule is CS(=O)(=O)N1C/C(=C/c2ccccn2)C(=O)C(c2ccc(O)cc2)C1. The lowest BCUT2D eigenvalue weighted by Gasteiger charge is -2.32. The van der Waals surface area contributed by atoms with Gasteiger partial charge in [0, 0.05) is 24.9 Å². The van der Waals surface area contributed by atoms with Crippen LogP contribution in [0.5, 0.6) is 5.75 Å². The Morgan fingerprint density at radius 3 is 2.52 bits per heavy atom. The van der Waals surface area contributed by atoms with E-state index in [0.717, 1.165) is 6.26 Å². The van der Waals surface area contributed by atoms with Gasteiger partial charge in [0.15, 0.2) is 5.78 Å². The fourth-order valence-electron chi connectivity index (χ4n) is 2.82. The van der Waals surface area contributed by atoms with Crippen LogP contribution >= 0.6 is 0 Å². The standard InChI is InChI=1S/C18H18N2O4S/c1-25(23,24)20-11-14(10-15-4-2-3-9-19-15)18(22)17(12-20)13-5-7-16(21)8-6-13/h2-10,17,21H,11-12H2,1H3/b14-10-. The molecule has 2 aromatic rings. The number of phenolic OH excluding ortho intramolecular Hbond substituents is 1. The van der Waals surface area contributed by atoms with Crippen LogP contribution < -0.4 is 0 Å². The van der Waals surface area contributed by atoms with Gasteiger partial charge in [-0.05, 0) is 35.9 Å². The molecule has 0 amide bonds. The van der Waals surface area contributed by atoms with E-state index in [-0.39, 0.29) is 24.6 Å². The molecule has 0 saturated carbocycles. The largest absolute Gasteiger partial charge is 0.508 e. The summed E-state index contributed by atoms with van der Waals surface area (Å²) < 4.78 is 25.4. The van der Waals surface area contributed by atoms with Crippen molar-refractivity contribution in [2.75, 3.05) is 19.3 Å². The van der Waals surface area contributed by atoms with E-state index in [0.29, 0.717) is 16.8 Å². The number of aromatic hydroxyl groups is 1. The maximum atomic E-state index is 12.9. The molecule has 1 aromatic carbocycles. The minimum Gasteiger partial charge on any atom is -0.508 e. The average molecular weight is 358 g/mol. The topological polar surface area (TPSA) is 87.6 Å². The fourth-order valence-corrected chi connectivity index (χ4v) is 3.61. The predicted octanol–water partition coefficient (Wildman–Crippen LogP) is 1.80. The number of hydrogen-bond acceptors (Lipinski definition) is 5. The molecule has 130 valence electrons. The zero-order chi connectivity index (χ0) is 18.0. The first kappa shape index (κ1) is 17.3. The summed E-state index contributed by atoms with van der Waals surface area (Å²) in [6.45, 7) is 0.116. The third-order valence-electron chi connectivity index (χ3n) is 4.14. The van der Waals surface area contributed by atoms with Gasteiger partial charge in [0.1, 0.15) is 5.75 Å². The molecule has 0 spiro atoms. The summed E-state index contributed by atoms with van der Waals surface area (Å²) in [6, 6.07) is 11.6. The summed E-state index contributed by atoms with van der Waals surface area (Å²) in [5.41, 5.74) is 1.67. The van der Waals surface area contributed by atoms with Crippen LogP contribution in [0.15, 0.2) is 54.2 Å². The maximum absolute atomic E-state index is 12.9. The van der Waals surface area contributed by atoms with E-state index in [9.17, 15) is 18.3 Å². The second kappa shape index (κ2) is 6.78.